The lowest BCUT2D eigenvalue weighted by atomic mass is 9.86. The molecule has 0 bridgehead atoms. The molecule has 1 aromatic rings. The van der Waals surface area contributed by atoms with Gasteiger partial charge in [-0.2, -0.15) is 0 Å². The van der Waals surface area contributed by atoms with Gasteiger partial charge in [-0.25, -0.2) is 0 Å². The Balaban J connectivity index is 2.28. The Hall–Kier alpha value is -0.580. The second kappa shape index (κ2) is 5.59. The van der Waals surface area contributed by atoms with Crippen molar-refractivity contribution in [3.05, 3.63) is 28.2 Å². The molecule has 1 N–H and O–H groups in total. The van der Waals surface area contributed by atoms with E-state index in [1.165, 1.54) is 5.56 Å². The van der Waals surface area contributed by atoms with Gasteiger partial charge in [0.15, 0.2) is 0 Å². The van der Waals surface area contributed by atoms with Gasteiger partial charge in [0, 0.05) is 42.6 Å². The van der Waals surface area contributed by atoms with E-state index in [0.29, 0.717) is 6.04 Å². The number of benzene rings is 1. The summed E-state index contributed by atoms with van der Waals surface area (Å²) in [6.07, 6.45) is 1.86. The molecule has 4 heteroatoms. The highest BCUT2D eigenvalue weighted by Gasteiger charge is 2.36. The van der Waals surface area contributed by atoms with Gasteiger partial charge >= 0.3 is 0 Å². The number of ether oxygens (including phenoxy) is 2. The van der Waals surface area contributed by atoms with Crippen LogP contribution in [0.4, 0.5) is 0 Å². The van der Waals surface area contributed by atoms with Gasteiger partial charge in [0.2, 0.25) is 0 Å². The number of fused-ring (bicyclic) bond motifs is 1. The van der Waals surface area contributed by atoms with Crippen molar-refractivity contribution in [3.63, 3.8) is 0 Å². The van der Waals surface area contributed by atoms with E-state index >= 15 is 0 Å². The Morgan fingerprint density at radius 1 is 1.56 bits per heavy atom. The van der Waals surface area contributed by atoms with Crippen LogP contribution >= 0.6 is 15.9 Å². The average molecular weight is 314 g/mol. The summed E-state index contributed by atoms with van der Waals surface area (Å²) in [5, 5.41) is 3.38. The Kier molecular flexibility index (Phi) is 4.30. The summed E-state index contributed by atoms with van der Waals surface area (Å²) in [6.45, 7) is 2.87. The number of halogens is 1. The van der Waals surface area contributed by atoms with E-state index in [1.54, 1.807) is 7.11 Å². The van der Waals surface area contributed by atoms with Crippen molar-refractivity contribution in [2.24, 2.45) is 0 Å². The van der Waals surface area contributed by atoms with Crippen LogP contribution in [0.1, 0.15) is 31.4 Å². The SMILES string of the molecule is CNC1CC(C)(CCOC)Oc2cc(Br)ccc21. The van der Waals surface area contributed by atoms with Crippen LogP contribution in [0, 0.1) is 0 Å². The van der Waals surface area contributed by atoms with Gasteiger partial charge in [-0.1, -0.05) is 22.0 Å². The molecule has 2 atom stereocenters. The quantitative estimate of drug-likeness (QED) is 0.925. The molecule has 100 valence electrons. The van der Waals surface area contributed by atoms with Crippen LogP contribution in [0.5, 0.6) is 5.75 Å². The summed E-state index contributed by atoms with van der Waals surface area (Å²) in [6, 6.07) is 6.56. The van der Waals surface area contributed by atoms with Crippen LogP contribution in [-0.2, 0) is 4.74 Å². The van der Waals surface area contributed by atoms with Crippen molar-refractivity contribution in [1.29, 1.82) is 0 Å². The molecule has 1 aromatic carbocycles. The van der Waals surface area contributed by atoms with Crippen LogP contribution in [0.2, 0.25) is 0 Å². The maximum atomic E-state index is 6.18. The normalized spacial score (nSPS) is 26.6. The molecule has 1 aliphatic rings. The molecule has 2 rings (SSSR count). The predicted molar refractivity (Wildman–Crippen MR) is 76.1 cm³/mol. The van der Waals surface area contributed by atoms with E-state index in [9.17, 15) is 0 Å². The largest absolute Gasteiger partial charge is 0.487 e. The average Bonchev–Trinajstić information content (AvgIpc) is 2.35. The highest BCUT2D eigenvalue weighted by Crippen LogP contribution is 2.41. The van der Waals surface area contributed by atoms with Crippen LogP contribution < -0.4 is 10.1 Å². The van der Waals surface area contributed by atoms with Crippen molar-refractivity contribution in [2.75, 3.05) is 20.8 Å². The summed E-state index contributed by atoms with van der Waals surface area (Å²) < 4.78 is 12.4. The van der Waals surface area contributed by atoms with Crippen molar-refractivity contribution in [1.82, 2.24) is 5.32 Å². The molecule has 3 nitrogen and oxygen atoms in total. The van der Waals surface area contributed by atoms with Crippen LogP contribution in [0.25, 0.3) is 0 Å². The summed E-state index contributed by atoms with van der Waals surface area (Å²) >= 11 is 3.50. The summed E-state index contributed by atoms with van der Waals surface area (Å²) in [7, 11) is 3.73. The number of nitrogens with one attached hydrogen (secondary N) is 1. The molecule has 0 aromatic heterocycles. The Labute approximate surface area is 117 Å². The zero-order chi connectivity index (χ0) is 13.2. The maximum absolute atomic E-state index is 6.18. The maximum Gasteiger partial charge on any atom is 0.126 e. The van der Waals surface area contributed by atoms with Crippen molar-refractivity contribution in [2.45, 2.75) is 31.4 Å². The fraction of sp³-hybridized carbons (Fsp3) is 0.571. The minimum absolute atomic E-state index is 0.169. The monoisotopic (exact) mass is 313 g/mol. The van der Waals surface area contributed by atoms with Gasteiger partial charge in [0.25, 0.3) is 0 Å². The molecule has 2 unspecified atom stereocenters. The second-order valence-corrected chi connectivity index (χ2v) is 5.94. The molecule has 0 radical (unpaired) electrons. The highest BCUT2D eigenvalue weighted by molar-refractivity contribution is 9.10. The Morgan fingerprint density at radius 2 is 2.33 bits per heavy atom. The molecule has 0 saturated carbocycles. The first-order valence-electron chi connectivity index (χ1n) is 6.22. The number of hydrogen-bond acceptors (Lipinski definition) is 3. The van der Waals surface area contributed by atoms with Gasteiger partial charge in [-0.15, -0.1) is 0 Å². The van der Waals surface area contributed by atoms with Crippen molar-refractivity contribution >= 4 is 15.9 Å². The molecule has 1 aliphatic heterocycles. The molecule has 0 saturated heterocycles. The Morgan fingerprint density at radius 3 is 3.00 bits per heavy atom. The van der Waals surface area contributed by atoms with Gasteiger partial charge in [0.1, 0.15) is 11.4 Å². The smallest absolute Gasteiger partial charge is 0.126 e. The first-order chi connectivity index (χ1) is 8.58. The van der Waals surface area contributed by atoms with Gasteiger partial charge in [-0.05, 0) is 26.1 Å². The van der Waals surface area contributed by atoms with Crippen LogP contribution in [0.3, 0.4) is 0 Å². The third-order valence-corrected chi connectivity index (χ3v) is 4.02. The van der Waals surface area contributed by atoms with E-state index in [-0.39, 0.29) is 5.60 Å². The minimum atomic E-state index is -0.169. The summed E-state index contributed by atoms with van der Waals surface area (Å²) in [4.78, 5) is 0. The topological polar surface area (TPSA) is 30.5 Å². The predicted octanol–water partition coefficient (Wildman–Crippen LogP) is 3.29. The molecule has 18 heavy (non-hydrogen) atoms. The first-order valence-corrected chi connectivity index (χ1v) is 7.02. The molecular weight excluding hydrogens is 294 g/mol. The number of hydrogen-bond donors (Lipinski definition) is 1. The summed E-state index contributed by atoms with van der Waals surface area (Å²) in [5.41, 5.74) is 1.06. The van der Waals surface area contributed by atoms with E-state index < -0.39 is 0 Å². The standard InChI is InChI=1S/C14H20BrNO2/c1-14(6-7-17-3)9-12(16-2)11-5-4-10(15)8-13(11)18-14/h4-5,8,12,16H,6-7,9H2,1-3H3. The molecular formula is C14H20BrNO2. The lowest BCUT2D eigenvalue weighted by molar-refractivity contribution is 0.0179. The van der Waals surface area contributed by atoms with Crippen LogP contribution in [0.15, 0.2) is 22.7 Å². The van der Waals surface area contributed by atoms with Gasteiger partial charge < -0.3 is 14.8 Å². The minimum Gasteiger partial charge on any atom is -0.487 e. The van der Waals surface area contributed by atoms with Crippen molar-refractivity contribution < 1.29 is 9.47 Å². The molecule has 1 heterocycles. The van der Waals surface area contributed by atoms with Crippen molar-refractivity contribution in [3.8, 4) is 5.75 Å². The Bertz CT molecular complexity index is 424. The third-order valence-electron chi connectivity index (χ3n) is 3.53. The molecule has 0 fully saturated rings. The van der Waals surface area contributed by atoms with Gasteiger partial charge in [0.05, 0.1) is 0 Å². The van der Waals surface area contributed by atoms with E-state index in [0.717, 1.165) is 29.7 Å². The third kappa shape index (κ3) is 2.87. The van der Waals surface area contributed by atoms with E-state index in [2.05, 4.69) is 40.3 Å². The lowest BCUT2D eigenvalue weighted by Crippen LogP contribution is -2.42. The molecule has 0 amide bonds. The molecule has 0 spiro atoms. The first kappa shape index (κ1) is 13.8. The lowest BCUT2D eigenvalue weighted by Gasteiger charge is -2.40. The van der Waals surface area contributed by atoms with Gasteiger partial charge in [-0.3, -0.25) is 0 Å². The zero-order valence-corrected chi connectivity index (χ0v) is 12.7. The van der Waals surface area contributed by atoms with E-state index in [4.69, 9.17) is 9.47 Å². The number of rotatable bonds is 4. The molecule has 0 aliphatic carbocycles. The fourth-order valence-electron chi connectivity index (χ4n) is 2.46. The van der Waals surface area contributed by atoms with Crippen LogP contribution in [-0.4, -0.2) is 26.4 Å². The zero-order valence-electron chi connectivity index (χ0n) is 11.1. The summed E-state index contributed by atoms with van der Waals surface area (Å²) in [5.74, 6) is 0.966. The fourth-order valence-corrected chi connectivity index (χ4v) is 2.80. The second-order valence-electron chi connectivity index (χ2n) is 5.02. The highest BCUT2D eigenvalue weighted by atomic mass is 79.9. The van der Waals surface area contributed by atoms with E-state index in [1.807, 2.05) is 13.1 Å². The number of methoxy groups -OCH3 is 1.